The Balaban J connectivity index is 2.22. The first-order valence-electron chi connectivity index (χ1n) is 9.98. The fourth-order valence-corrected chi connectivity index (χ4v) is 3.19. The summed E-state index contributed by atoms with van der Waals surface area (Å²) >= 11 is 0. The standard InChI is InChI=1S/C23H30N2O8/c1-28-17-7-15(8-18(11-17)29-2)12-25(14-22(27)32-5)13-21(26)24-16-9-19(30-3)23(33-6)20(10-16)31-4/h7-11H,12-14H2,1-6H3,(H,24,26). The van der Waals surface area contributed by atoms with E-state index in [1.54, 1.807) is 37.3 Å². The first-order chi connectivity index (χ1) is 15.9. The summed E-state index contributed by atoms with van der Waals surface area (Å²) in [6.07, 6.45) is 0. The number of hydrogen-bond acceptors (Lipinski definition) is 9. The molecule has 0 fully saturated rings. The van der Waals surface area contributed by atoms with Crippen LogP contribution in [0.5, 0.6) is 28.7 Å². The molecule has 0 saturated heterocycles. The minimum atomic E-state index is -0.467. The van der Waals surface area contributed by atoms with Crippen LogP contribution in [-0.4, -0.2) is 72.5 Å². The predicted octanol–water partition coefficient (Wildman–Crippen LogP) is 2.34. The molecule has 180 valence electrons. The number of benzene rings is 2. The first-order valence-corrected chi connectivity index (χ1v) is 9.98. The van der Waals surface area contributed by atoms with E-state index in [0.29, 0.717) is 34.4 Å². The van der Waals surface area contributed by atoms with Crippen LogP contribution in [0.4, 0.5) is 5.69 Å². The number of nitrogens with one attached hydrogen (secondary N) is 1. The van der Waals surface area contributed by atoms with Crippen molar-refractivity contribution < 1.29 is 38.0 Å². The van der Waals surface area contributed by atoms with Gasteiger partial charge in [-0.3, -0.25) is 14.5 Å². The molecule has 1 N–H and O–H groups in total. The van der Waals surface area contributed by atoms with Crippen molar-refractivity contribution in [2.24, 2.45) is 0 Å². The molecule has 0 aromatic heterocycles. The number of amides is 1. The number of esters is 1. The predicted molar refractivity (Wildman–Crippen MR) is 122 cm³/mol. The molecular weight excluding hydrogens is 432 g/mol. The minimum Gasteiger partial charge on any atom is -0.497 e. The van der Waals surface area contributed by atoms with Gasteiger partial charge in [0.1, 0.15) is 11.5 Å². The van der Waals surface area contributed by atoms with Crippen molar-refractivity contribution >= 4 is 17.6 Å². The molecule has 0 aliphatic carbocycles. The van der Waals surface area contributed by atoms with Crippen molar-refractivity contribution in [1.82, 2.24) is 4.90 Å². The Bertz CT molecular complexity index is 916. The van der Waals surface area contributed by atoms with E-state index in [-0.39, 0.29) is 25.5 Å². The van der Waals surface area contributed by atoms with Gasteiger partial charge in [-0.25, -0.2) is 0 Å². The Morgan fingerprint density at radius 3 is 1.79 bits per heavy atom. The van der Waals surface area contributed by atoms with Gasteiger partial charge in [0.2, 0.25) is 11.7 Å². The second kappa shape index (κ2) is 12.4. The molecule has 0 aliphatic heterocycles. The van der Waals surface area contributed by atoms with Crippen molar-refractivity contribution in [3.63, 3.8) is 0 Å². The van der Waals surface area contributed by atoms with Gasteiger partial charge in [0, 0.05) is 30.4 Å². The Labute approximate surface area is 193 Å². The van der Waals surface area contributed by atoms with E-state index in [0.717, 1.165) is 5.56 Å². The van der Waals surface area contributed by atoms with Gasteiger partial charge >= 0.3 is 5.97 Å². The van der Waals surface area contributed by atoms with Crippen molar-refractivity contribution in [1.29, 1.82) is 0 Å². The van der Waals surface area contributed by atoms with Crippen LogP contribution >= 0.6 is 0 Å². The number of nitrogens with zero attached hydrogens (tertiary/aromatic N) is 1. The molecule has 0 bridgehead atoms. The topological polar surface area (TPSA) is 105 Å². The summed E-state index contributed by atoms with van der Waals surface area (Å²) < 4.78 is 31.3. The molecule has 10 nitrogen and oxygen atoms in total. The number of anilines is 1. The van der Waals surface area contributed by atoms with Crippen molar-refractivity contribution in [3.05, 3.63) is 35.9 Å². The largest absolute Gasteiger partial charge is 0.497 e. The lowest BCUT2D eigenvalue weighted by atomic mass is 10.2. The fraction of sp³-hybridized carbons (Fsp3) is 0.391. The van der Waals surface area contributed by atoms with Crippen LogP contribution < -0.4 is 29.0 Å². The molecule has 0 saturated carbocycles. The quantitative estimate of drug-likeness (QED) is 0.476. The molecule has 0 radical (unpaired) electrons. The molecule has 0 atom stereocenters. The maximum absolute atomic E-state index is 12.8. The molecule has 0 spiro atoms. The van der Waals surface area contributed by atoms with E-state index in [1.807, 2.05) is 12.1 Å². The van der Waals surface area contributed by atoms with Crippen LogP contribution in [0.1, 0.15) is 5.56 Å². The lowest BCUT2D eigenvalue weighted by Crippen LogP contribution is -2.37. The van der Waals surface area contributed by atoms with E-state index in [1.165, 1.54) is 28.4 Å². The van der Waals surface area contributed by atoms with Crippen LogP contribution in [0.3, 0.4) is 0 Å². The summed E-state index contributed by atoms with van der Waals surface area (Å²) in [5.41, 5.74) is 1.26. The third-order valence-electron chi connectivity index (χ3n) is 4.71. The molecule has 2 aromatic carbocycles. The highest BCUT2D eigenvalue weighted by molar-refractivity contribution is 5.93. The van der Waals surface area contributed by atoms with Crippen LogP contribution in [-0.2, 0) is 20.9 Å². The summed E-state index contributed by atoms with van der Waals surface area (Å²) in [4.78, 5) is 26.4. The second-order valence-corrected chi connectivity index (χ2v) is 6.90. The number of carbonyl (C=O) groups excluding carboxylic acids is 2. The number of hydrogen-bond donors (Lipinski definition) is 1. The molecular formula is C23H30N2O8. The first kappa shape index (κ1) is 25.6. The van der Waals surface area contributed by atoms with E-state index >= 15 is 0 Å². The number of ether oxygens (including phenoxy) is 6. The smallest absolute Gasteiger partial charge is 0.319 e. The van der Waals surface area contributed by atoms with Crippen molar-refractivity contribution in [3.8, 4) is 28.7 Å². The highest BCUT2D eigenvalue weighted by Crippen LogP contribution is 2.39. The molecule has 1 amide bonds. The highest BCUT2D eigenvalue weighted by Gasteiger charge is 2.19. The normalized spacial score (nSPS) is 10.4. The van der Waals surface area contributed by atoms with Crippen LogP contribution in [0.15, 0.2) is 30.3 Å². The molecule has 2 rings (SSSR count). The van der Waals surface area contributed by atoms with Crippen LogP contribution in [0.2, 0.25) is 0 Å². The van der Waals surface area contributed by atoms with Gasteiger partial charge in [-0.1, -0.05) is 0 Å². The number of carbonyl (C=O) groups is 2. The Morgan fingerprint density at radius 1 is 0.758 bits per heavy atom. The van der Waals surface area contributed by atoms with E-state index in [2.05, 4.69) is 5.32 Å². The Kier molecular flexibility index (Phi) is 9.62. The monoisotopic (exact) mass is 462 g/mol. The van der Waals surface area contributed by atoms with Gasteiger partial charge in [0.05, 0.1) is 55.7 Å². The van der Waals surface area contributed by atoms with Gasteiger partial charge in [0.25, 0.3) is 0 Å². The molecule has 0 aliphatic rings. The maximum Gasteiger partial charge on any atom is 0.319 e. The van der Waals surface area contributed by atoms with Gasteiger partial charge in [-0.15, -0.1) is 0 Å². The zero-order valence-corrected chi connectivity index (χ0v) is 19.7. The van der Waals surface area contributed by atoms with Gasteiger partial charge in [-0.05, 0) is 17.7 Å². The summed E-state index contributed by atoms with van der Waals surface area (Å²) in [7, 11) is 8.87. The summed E-state index contributed by atoms with van der Waals surface area (Å²) in [5, 5.41) is 2.80. The average Bonchev–Trinajstić information content (AvgIpc) is 2.82. The molecule has 0 unspecified atom stereocenters. The van der Waals surface area contributed by atoms with Crippen LogP contribution in [0.25, 0.3) is 0 Å². The summed E-state index contributed by atoms with van der Waals surface area (Å²) in [5.74, 6) is 1.61. The van der Waals surface area contributed by atoms with Gasteiger partial charge < -0.3 is 33.7 Å². The van der Waals surface area contributed by atoms with Crippen molar-refractivity contribution in [2.45, 2.75) is 6.54 Å². The summed E-state index contributed by atoms with van der Waals surface area (Å²) in [6.45, 7) is 0.120. The Morgan fingerprint density at radius 2 is 1.33 bits per heavy atom. The summed E-state index contributed by atoms with van der Waals surface area (Å²) in [6, 6.07) is 8.60. The van der Waals surface area contributed by atoms with E-state index in [4.69, 9.17) is 28.4 Å². The second-order valence-electron chi connectivity index (χ2n) is 6.90. The highest BCUT2D eigenvalue weighted by atomic mass is 16.5. The number of methoxy groups -OCH3 is 6. The maximum atomic E-state index is 12.8. The zero-order chi connectivity index (χ0) is 24.4. The zero-order valence-electron chi connectivity index (χ0n) is 19.7. The van der Waals surface area contributed by atoms with E-state index < -0.39 is 5.97 Å². The minimum absolute atomic E-state index is 0.0781. The van der Waals surface area contributed by atoms with Crippen LogP contribution in [0, 0.1) is 0 Å². The molecule has 10 heteroatoms. The molecule has 33 heavy (non-hydrogen) atoms. The lowest BCUT2D eigenvalue weighted by Gasteiger charge is -2.21. The third kappa shape index (κ3) is 7.18. The lowest BCUT2D eigenvalue weighted by molar-refractivity contribution is -0.142. The number of rotatable bonds is 12. The average molecular weight is 462 g/mol. The fourth-order valence-electron chi connectivity index (χ4n) is 3.19. The van der Waals surface area contributed by atoms with Crippen molar-refractivity contribution in [2.75, 3.05) is 61.1 Å². The van der Waals surface area contributed by atoms with Gasteiger partial charge in [-0.2, -0.15) is 0 Å². The van der Waals surface area contributed by atoms with E-state index in [9.17, 15) is 9.59 Å². The molecule has 2 aromatic rings. The third-order valence-corrected chi connectivity index (χ3v) is 4.71. The molecule has 0 heterocycles. The van der Waals surface area contributed by atoms with Gasteiger partial charge in [0.15, 0.2) is 11.5 Å². The Hall–Kier alpha value is -3.66. The SMILES string of the molecule is COC(=O)CN(CC(=O)Nc1cc(OC)c(OC)c(OC)c1)Cc1cc(OC)cc(OC)c1.